The summed E-state index contributed by atoms with van der Waals surface area (Å²) in [6.45, 7) is 7.78. The molecule has 1 aliphatic heterocycles. The molecule has 0 aliphatic carbocycles. The van der Waals surface area contributed by atoms with Gasteiger partial charge in [0.25, 0.3) is 0 Å². The average molecular weight is 384 g/mol. The molecule has 0 bridgehead atoms. The molecule has 1 heterocycles. The maximum Gasteiger partial charge on any atom is 0.0255 e. The van der Waals surface area contributed by atoms with Crippen molar-refractivity contribution in [2.75, 3.05) is 13.1 Å². The molecule has 1 fully saturated rings. The van der Waals surface area contributed by atoms with Gasteiger partial charge in [-0.15, -0.1) is 6.42 Å². The summed E-state index contributed by atoms with van der Waals surface area (Å²) < 4.78 is 0.928. The summed E-state index contributed by atoms with van der Waals surface area (Å²) in [4.78, 5) is 2.56. The number of benzene rings is 1. The molecule has 1 aromatic carbocycles. The van der Waals surface area contributed by atoms with E-state index < -0.39 is 0 Å². The Labute approximate surface area is 155 Å². The molecule has 2 heteroatoms. The van der Waals surface area contributed by atoms with E-state index in [0.29, 0.717) is 0 Å². The minimum Gasteiger partial charge on any atom is -0.299 e. The topological polar surface area (TPSA) is 3.24 Å². The molecule has 0 radical (unpaired) electrons. The normalized spacial score (nSPS) is 16.2. The maximum atomic E-state index is 5.22. The van der Waals surface area contributed by atoms with Crippen molar-refractivity contribution in [2.45, 2.75) is 38.6 Å². The van der Waals surface area contributed by atoms with Crippen LogP contribution in [0.3, 0.4) is 0 Å². The molecule has 0 atom stereocenters. The Morgan fingerprint density at radius 3 is 2.58 bits per heavy atom. The van der Waals surface area contributed by atoms with Crippen LogP contribution < -0.4 is 0 Å². The van der Waals surface area contributed by atoms with Crippen LogP contribution in [-0.2, 0) is 6.54 Å². The predicted octanol–water partition coefficient (Wildman–Crippen LogP) is 5.93. The first-order valence-corrected chi connectivity index (χ1v) is 9.46. The number of piperidine rings is 1. The zero-order valence-electron chi connectivity index (χ0n) is 14.3. The lowest BCUT2D eigenvalue weighted by Gasteiger charge is -2.26. The van der Waals surface area contributed by atoms with Gasteiger partial charge in [0, 0.05) is 17.1 Å². The van der Waals surface area contributed by atoms with Crippen LogP contribution in [0.15, 0.2) is 53.6 Å². The Balaban J connectivity index is 1.80. The van der Waals surface area contributed by atoms with Crippen LogP contribution in [0.25, 0.3) is 5.57 Å². The molecular weight excluding hydrogens is 358 g/mol. The maximum absolute atomic E-state index is 5.22. The molecule has 0 spiro atoms. The quantitative estimate of drug-likeness (QED) is 0.416. The molecular formula is C22H26BrN. The van der Waals surface area contributed by atoms with Gasteiger partial charge >= 0.3 is 0 Å². The number of likely N-dealkylation sites (tertiary alicyclic amines) is 1. The second-order valence-electron chi connectivity index (χ2n) is 6.27. The fraction of sp³-hybridized carbons (Fsp3) is 0.364. The van der Waals surface area contributed by atoms with E-state index in [1.54, 1.807) is 6.08 Å². The Hall–Kier alpha value is -1.56. The summed E-state index contributed by atoms with van der Waals surface area (Å²) in [5, 5.41) is 0. The largest absolute Gasteiger partial charge is 0.299 e. The number of halogens is 1. The van der Waals surface area contributed by atoms with Gasteiger partial charge in [0.1, 0.15) is 0 Å². The van der Waals surface area contributed by atoms with Gasteiger partial charge in [0.05, 0.1) is 0 Å². The molecule has 0 aromatic heterocycles. The number of nitrogens with zero attached hydrogens (tertiary/aromatic N) is 1. The lowest BCUT2D eigenvalue weighted by atomic mass is 10.0. The van der Waals surface area contributed by atoms with E-state index in [1.165, 1.54) is 49.1 Å². The highest BCUT2D eigenvalue weighted by molar-refractivity contribution is 9.11. The van der Waals surface area contributed by atoms with Gasteiger partial charge in [-0.25, -0.2) is 0 Å². The van der Waals surface area contributed by atoms with E-state index in [1.807, 2.05) is 6.08 Å². The third-order valence-electron chi connectivity index (χ3n) is 4.33. The second kappa shape index (κ2) is 10.3. The van der Waals surface area contributed by atoms with Crippen LogP contribution in [0, 0.1) is 12.3 Å². The van der Waals surface area contributed by atoms with Crippen molar-refractivity contribution in [1.29, 1.82) is 0 Å². The van der Waals surface area contributed by atoms with Crippen LogP contribution in [0.1, 0.15) is 43.2 Å². The highest BCUT2D eigenvalue weighted by atomic mass is 79.9. The minimum atomic E-state index is 0.928. The zero-order valence-corrected chi connectivity index (χ0v) is 15.9. The van der Waals surface area contributed by atoms with Gasteiger partial charge in [0.15, 0.2) is 0 Å². The van der Waals surface area contributed by atoms with Gasteiger partial charge in [-0.05, 0) is 55.5 Å². The van der Waals surface area contributed by atoms with Crippen molar-refractivity contribution in [3.05, 3.63) is 64.7 Å². The van der Waals surface area contributed by atoms with E-state index in [0.717, 1.165) is 23.9 Å². The molecule has 126 valence electrons. The molecule has 0 amide bonds. The number of rotatable bonds is 7. The zero-order chi connectivity index (χ0) is 17.2. The van der Waals surface area contributed by atoms with Crippen molar-refractivity contribution in [1.82, 2.24) is 4.90 Å². The summed E-state index contributed by atoms with van der Waals surface area (Å²) in [5.41, 5.74) is 3.82. The molecule has 0 unspecified atom stereocenters. The van der Waals surface area contributed by atoms with Crippen LogP contribution in [0.5, 0.6) is 0 Å². The number of terminal acetylenes is 1. The van der Waals surface area contributed by atoms with Crippen LogP contribution in [0.2, 0.25) is 0 Å². The summed E-state index contributed by atoms with van der Waals surface area (Å²) in [6, 6.07) is 8.91. The lowest BCUT2D eigenvalue weighted by molar-refractivity contribution is 0.221. The van der Waals surface area contributed by atoms with Gasteiger partial charge in [0.2, 0.25) is 0 Å². The standard InChI is InChI=1S/C22H26BrN/c1-3-9-22(23)11-6-5-10-19(2)21-14-12-20(13-15-21)18-24-16-7-4-8-17-24/h1,6,9,11-15H,2,4-5,7-8,10,16-18H2/b11-6-,22-9+. The molecule has 1 nitrogen and oxygen atoms in total. The first-order chi connectivity index (χ1) is 11.7. The van der Waals surface area contributed by atoms with E-state index >= 15 is 0 Å². The van der Waals surface area contributed by atoms with Crippen molar-refractivity contribution in [3.8, 4) is 12.3 Å². The van der Waals surface area contributed by atoms with E-state index in [-0.39, 0.29) is 0 Å². The van der Waals surface area contributed by atoms with Crippen molar-refractivity contribution < 1.29 is 0 Å². The Kier molecular flexibility index (Phi) is 8.08. The first kappa shape index (κ1) is 18.8. The lowest BCUT2D eigenvalue weighted by Crippen LogP contribution is -2.29. The molecule has 24 heavy (non-hydrogen) atoms. The number of hydrogen-bond donors (Lipinski definition) is 0. The van der Waals surface area contributed by atoms with Crippen molar-refractivity contribution in [3.63, 3.8) is 0 Å². The predicted molar refractivity (Wildman–Crippen MR) is 109 cm³/mol. The fourth-order valence-corrected chi connectivity index (χ4v) is 3.27. The second-order valence-corrected chi connectivity index (χ2v) is 7.19. The highest BCUT2D eigenvalue weighted by Crippen LogP contribution is 2.20. The molecule has 1 aliphatic rings. The molecule has 1 aromatic rings. The van der Waals surface area contributed by atoms with Crippen LogP contribution in [0.4, 0.5) is 0 Å². The van der Waals surface area contributed by atoms with E-state index in [9.17, 15) is 0 Å². The first-order valence-electron chi connectivity index (χ1n) is 8.67. The Morgan fingerprint density at radius 1 is 1.21 bits per heavy atom. The summed E-state index contributed by atoms with van der Waals surface area (Å²) >= 11 is 3.40. The summed E-state index contributed by atoms with van der Waals surface area (Å²) in [7, 11) is 0. The van der Waals surface area contributed by atoms with Crippen LogP contribution in [-0.4, -0.2) is 18.0 Å². The minimum absolute atomic E-state index is 0.928. The Bertz CT molecular complexity index is 625. The van der Waals surface area contributed by atoms with Gasteiger partial charge in [-0.2, -0.15) is 0 Å². The third kappa shape index (κ3) is 6.51. The van der Waals surface area contributed by atoms with E-state index in [4.69, 9.17) is 6.42 Å². The summed E-state index contributed by atoms with van der Waals surface area (Å²) in [6.07, 6.45) is 17.0. The monoisotopic (exact) mass is 383 g/mol. The third-order valence-corrected chi connectivity index (χ3v) is 4.82. The molecule has 1 saturated heterocycles. The molecule has 2 rings (SSSR count). The molecule has 0 saturated carbocycles. The highest BCUT2D eigenvalue weighted by Gasteiger charge is 2.10. The van der Waals surface area contributed by atoms with Gasteiger partial charge in [-0.3, -0.25) is 4.90 Å². The SMILES string of the molecule is C#C/C=C(Br)\C=C/CCC(=C)c1ccc(CN2CCCCC2)cc1. The van der Waals surface area contributed by atoms with Gasteiger partial charge < -0.3 is 0 Å². The van der Waals surface area contributed by atoms with Crippen LogP contribution >= 0.6 is 15.9 Å². The number of allylic oxidation sites excluding steroid dienone is 5. The molecule has 0 N–H and O–H groups in total. The van der Waals surface area contributed by atoms with Crippen molar-refractivity contribution >= 4 is 21.5 Å². The number of hydrogen-bond acceptors (Lipinski definition) is 1. The summed E-state index contributed by atoms with van der Waals surface area (Å²) in [5.74, 6) is 2.50. The Morgan fingerprint density at radius 2 is 1.92 bits per heavy atom. The smallest absolute Gasteiger partial charge is 0.0255 e. The average Bonchev–Trinajstić information content (AvgIpc) is 2.60. The van der Waals surface area contributed by atoms with Gasteiger partial charge in [-0.1, -0.05) is 71.3 Å². The fourth-order valence-electron chi connectivity index (χ4n) is 2.95. The van der Waals surface area contributed by atoms with Crippen molar-refractivity contribution in [2.24, 2.45) is 0 Å². The van der Waals surface area contributed by atoms with E-state index in [2.05, 4.69) is 63.7 Å².